The zero-order chi connectivity index (χ0) is 32.5. The van der Waals surface area contributed by atoms with E-state index < -0.39 is 19.2 Å². The van der Waals surface area contributed by atoms with E-state index in [1.54, 1.807) is 121 Å². The molecule has 17 heteroatoms. The number of nitrogens with zero attached hydrogens (tertiary/aromatic N) is 6. The van der Waals surface area contributed by atoms with Crippen molar-refractivity contribution in [3.8, 4) is 0 Å². The Morgan fingerprint density at radius 2 is 0.681 bits per heavy atom. The number of oxime groups is 6. The number of rotatable bonds is 4. The molecule has 7 rings (SSSR count). The molecule has 4 aromatic rings. The number of fused-ring (bicyclic) bond motifs is 9. The van der Waals surface area contributed by atoms with Crippen molar-refractivity contribution in [2.45, 2.75) is 0 Å². The Balaban J connectivity index is 1.61. The molecule has 0 unspecified atom stereocenters. The van der Waals surface area contributed by atoms with E-state index in [0.717, 1.165) is 0 Å². The molecule has 3 heterocycles. The third-order valence-corrected chi connectivity index (χ3v) is 6.50. The minimum atomic E-state index is -4.52. The lowest BCUT2D eigenvalue weighted by Crippen LogP contribution is -2.40. The Morgan fingerprint density at radius 3 is 1.00 bits per heavy atom. The van der Waals surface area contributed by atoms with Crippen molar-refractivity contribution < 1.29 is 37.2 Å². The molecule has 0 radical (unpaired) electrons. The fourth-order valence-corrected chi connectivity index (χ4v) is 4.26. The Morgan fingerprint density at radius 1 is 0.404 bits per heavy atom. The highest BCUT2D eigenvalue weighted by Crippen LogP contribution is 2.23. The summed E-state index contributed by atoms with van der Waals surface area (Å²) in [5, 5.41) is 22.2. The first-order chi connectivity index (χ1) is 22.9. The second-order valence-corrected chi connectivity index (χ2v) is 10.0. The van der Waals surface area contributed by atoms with Crippen LogP contribution in [-0.4, -0.2) is 48.3 Å². The maximum absolute atomic E-state index is 16.6. The zero-order valence-corrected chi connectivity index (χ0v) is 24.8. The summed E-state index contributed by atoms with van der Waals surface area (Å²) in [6, 6.07) is 33.3. The van der Waals surface area contributed by atoms with Gasteiger partial charge in [0.2, 0.25) is 0 Å². The van der Waals surface area contributed by atoms with Crippen LogP contribution in [0, 0.1) is 0 Å². The molecule has 0 atom stereocenters. The summed E-state index contributed by atoms with van der Waals surface area (Å²) >= 11 is 5.96. The van der Waals surface area contributed by atoms with Gasteiger partial charge in [0.15, 0.2) is 5.17 Å². The molecule has 12 nitrogen and oxygen atoms in total. The van der Waals surface area contributed by atoms with Gasteiger partial charge in [0.1, 0.15) is 29.1 Å². The van der Waals surface area contributed by atoms with Gasteiger partial charge < -0.3 is 37.2 Å². The van der Waals surface area contributed by atoms with Crippen molar-refractivity contribution in [3.63, 3.8) is 0 Å². The average Bonchev–Trinajstić information content (AvgIpc) is 3.11. The quantitative estimate of drug-likeness (QED) is 0.245. The standard InChI is InChI=1S/C30H21B2ClF2N6O6/c33-26-21-36-42-31(34)44-38-27(22-13-5-1-6-14-22)29(24-17-9-3-10-18-24)40-46-32(35,43-37-26)47-41-30(25-19-11-4-12-20-25)28(39-45-31)23-15-7-2-8-16-23/h1-21H/q-2/b36-21+,37-26-,38-27+,39-28+,40-29?,41-30?. The number of hydrogen-bond acceptors (Lipinski definition) is 12. The van der Waals surface area contributed by atoms with E-state index >= 15 is 8.63 Å². The molecule has 236 valence electrons. The lowest BCUT2D eigenvalue weighted by molar-refractivity contribution is 0.0222. The van der Waals surface area contributed by atoms with Gasteiger partial charge in [0.25, 0.3) is 0 Å². The van der Waals surface area contributed by atoms with Gasteiger partial charge in [-0.15, -0.1) is 30.9 Å². The van der Waals surface area contributed by atoms with Crippen LogP contribution in [0.2, 0.25) is 0 Å². The maximum atomic E-state index is 16.6. The van der Waals surface area contributed by atoms with Crippen LogP contribution in [0.15, 0.2) is 152 Å². The summed E-state index contributed by atoms with van der Waals surface area (Å²) in [4.78, 5) is 0. The van der Waals surface area contributed by atoms with Gasteiger partial charge in [0.05, 0.1) is 0 Å². The maximum Gasteiger partial charge on any atom is 0.812 e. The topological polar surface area (TPSA) is 130 Å². The summed E-state index contributed by atoms with van der Waals surface area (Å²) in [5.41, 5.74) is 0.769. The molecule has 0 saturated heterocycles. The smallest absolute Gasteiger partial charge is 0.510 e. The third kappa shape index (κ3) is 7.62. The van der Waals surface area contributed by atoms with E-state index in [1.165, 1.54) is 0 Å². The van der Waals surface area contributed by atoms with Crippen molar-refractivity contribution in [1.82, 2.24) is 0 Å². The molecule has 0 saturated carbocycles. The molecule has 3 aliphatic heterocycles. The second-order valence-electron chi connectivity index (χ2n) is 9.62. The van der Waals surface area contributed by atoms with Crippen LogP contribution >= 0.6 is 11.6 Å². The predicted octanol–water partition coefficient (Wildman–Crippen LogP) is 6.08. The van der Waals surface area contributed by atoms with Gasteiger partial charge in [-0.05, 0) is 0 Å². The van der Waals surface area contributed by atoms with Gasteiger partial charge in [-0.3, -0.25) is 0 Å². The van der Waals surface area contributed by atoms with Gasteiger partial charge in [-0.1, -0.05) is 133 Å². The minimum Gasteiger partial charge on any atom is -0.510 e. The SMILES string of the molecule is F[B-]12ON=C(c3ccccc3)/C(c3ccccc3)=N/O[B-](F)(O/N=C/C(Cl)=N/O1)O/N=C(\c1ccccc1)C(c1ccccc1)=NO2. The van der Waals surface area contributed by atoms with E-state index in [1.807, 2.05) is 0 Å². The highest BCUT2D eigenvalue weighted by Gasteiger charge is 2.43. The largest absolute Gasteiger partial charge is 0.812 e. The van der Waals surface area contributed by atoms with Crippen LogP contribution < -0.4 is 0 Å². The highest BCUT2D eigenvalue weighted by atomic mass is 35.5. The van der Waals surface area contributed by atoms with Gasteiger partial charge in [-0.25, -0.2) is 0 Å². The number of benzene rings is 4. The molecular formula is C30H21B2ClF2N6O6-2. The zero-order valence-electron chi connectivity index (χ0n) is 24.0. The van der Waals surface area contributed by atoms with Crippen molar-refractivity contribution in [2.24, 2.45) is 30.9 Å². The molecule has 3 aliphatic rings. The Bertz CT molecular complexity index is 1770. The highest BCUT2D eigenvalue weighted by molar-refractivity contribution is 6.80. The summed E-state index contributed by atoms with van der Waals surface area (Å²) in [7, 11) is -9.02. The molecule has 0 aliphatic carbocycles. The first-order valence-corrected chi connectivity index (χ1v) is 14.3. The second kappa shape index (κ2) is 14.0. The number of hydrogen-bond donors (Lipinski definition) is 0. The first kappa shape index (κ1) is 31.0. The van der Waals surface area contributed by atoms with E-state index in [-0.39, 0.29) is 22.8 Å². The van der Waals surface area contributed by atoms with E-state index in [9.17, 15) is 0 Å². The van der Waals surface area contributed by atoms with Gasteiger partial charge >= 0.3 is 14.1 Å². The monoisotopic (exact) mass is 656 g/mol. The van der Waals surface area contributed by atoms with Crippen molar-refractivity contribution in [1.29, 1.82) is 0 Å². The Hall–Kier alpha value is -6.02. The molecule has 0 N–H and O–H groups in total. The van der Waals surface area contributed by atoms with Crippen molar-refractivity contribution >= 4 is 59.9 Å². The normalized spacial score (nSPS) is 25.6. The van der Waals surface area contributed by atoms with Gasteiger partial charge in [0, 0.05) is 22.3 Å². The van der Waals surface area contributed by atoms with E-state index in [4.69, 9.17) is 40.1 Å². The van der Waals surface area contributed by atoms with Crippen LogP contribution in [0.1, 0.15) is 22.3 Å². The van der Waals surface area contributed by atoms with Crippen LogP contribution in [-0.2, 0) is 28.5 Å². The lowest BCUT2D eigenvalue weighted by atomic mass is 10.00. The lowest BCUT2D eigenvalue weighted by Gasteiger charge is -2.29. The van der Waals surface area contributed by atoms with Gasteiger partial charge in [-0.2, -0.15) is 0 Å². The van der Waals surface area contributed by atoms with Crippen LogP contribution in [0.5, 0.6) is 0 Å². The molecule has 0 fully saturated rings. The molecule has 0 amide bonds. The first-order valence-electron chi connectivity index (χ1n) is 13.9. The molecule has 2 bridgehead atoms. The predicted molar refractivity (Wildman–Crippen MR) is 174 cm³/mol. The summed E-state index contributed by atoms with van der Waals surface area (Å²) < 4.78 is 64.2. The van der Waals surface area contributed by atoms with Crippen LogP contribution in [0.3, 0.4) is 0 Å². The molecular weight excluding hydrogens is 635 g/mol. The molecule has 47 heavy (non-hydrogen) atoms. The summed E-state index contributed by atoms with van der Waals surface area (Å²) in [5.74, 6) is 0. The van der Waals surface area contributed by atoms with Crippen LogP contribution in [0.25, 0.3) is 0 Å². The third-order valence-electron chi connectivity index (χ3n) is 6.33. The summed E-state index contributed by atoms with van der Waals surface area (Å²) in [6.45, 7) is 0. The minimum absolute atomic E-state index is 0.147. The Labute approximate surface area is 271 Å². The molecule has 4 aromatic carbocycles. The average molecular weight is 657 g/mol. The van der Waals surface area contributed by atoms with Crippen molar-refractivity contribution in [2.75, 3.05) is 0 Å². The number of halogens is 3. The van der Waals surface area contributed by atoms with Crippen LogP contribution in [0.4, 0.5) is 8.63 Å². The molecule has 0 aromatic heterocycles. The Kier molecular flexibility index (Phi) is 9.20. The van der Waals surface area contributed by atoms with Crippen molar-refractivity contribution in [3.05, 3.63) is 144 Å². The summed E-state index contributed by atoms with van der Waals surface area (Å²) in [6.07, 6.45) is 0.666. The van der Waals surface area contributed by atoms with E-state index in [0.29, 0.717) is 28.5 Å². The molecule has 0 spiro atoms. The fraction of sp³-hybridized carbons (Fsp3) is 0. The van der Waals surface area contributed by atoms with E-state index in [2.05, 4.69) is 30.9 Å². The fourth-order valence-electron chi connectivity index (χ4n) is 4.18.